The van der Waals surface area contributed by atoms with Crippen LogP contribution in [0.2, 0.25) is 0 Å². The molecule has 150 valence electrons. The molecule has 4 aromatic heterocycles. The van der Waals surface area contributed by atoms with E-state index in [4.69, 9.17) is 10.5 Å². The summed E-state index contributed by atoms with van der Waals surface area (Å²) < 4.78 is 7.11. The number of ether oxygens (including phenoxy) is 1. The molecule has 1 aliphatic heterocycles. The first-order valence-corrected chi connectivity index (χ1v) is 10.5. The Morgan fingerprint density at radius 1 is 1.10 bits per heavy atom. The van der Waals surface area contributed by atoms with E-state index < -0.39 is 31.1 Å². The standard InChI is InChI=1S/C18H17N5O4S2/c19-18-21-12(11-4-3-10(29-11)9-2-1-5-28-9)13-16(22-18)23(7-20-13)17-15(26)14(25)8(6-24)27-17/h1-5,7-8,14-15,17,24-26H,6H2,(H2,19,21,22)/t8?,14?,15?,17-/m1/s1. The maximum absolute atomic E-state index is 10.3. The average Bonchev–Trinajstić information content (AvgIpc) is 3.49. The SMILES string of the molecule is Nc1nc(-c2ccc(-c3cccs3)s2)c2ncn([C@@H]3OC(CO)C(O)C3O)c2n1. The van der Waals surface area contributed by atoms with Crippen LogP contribution >= 0.6 is 22.7 Å². The van der Waals surface area contributed by atoms with Crippen molar-refractivity contribution in [2.24, 2.45) is 0 Å². The number of imidazole rings is 1. The van der Waals surface area contributed by atoms with Crippen molar-refractivity contribution in [3.8, 4) is 20.3 Å². The van der Waals surface area contributed by atoms with E-state index in [1.54, 1.807) is 22.7 Å². The summed E-state index contributed by atoms with van der Waals surface area (Å²) in [4.78, 5) is 16.2. The Morgan fingerprint density at radius 2 is 1.93 bits per heavy atom. The number of hydrogen-bond acceptors (Lipinski definition) is 10. The zero-order valence-corrected chi connectivity index (χ0v) is 16.5. The molecule has 0 aromatic carbocycles. The summed E-state index contributed by atoms with van der Waals surface area (Å²) in [6, 6.07) is 8.05. The number of hydrogen-bond donors (Lipinski definition) is 4. The highest BCUT2D eigenvalue weighted by atomic mass is 32.1. The Labute approximate surface area is 172 Å². The number of nitrogen functional groups attached to an aromatic ring is 1. The molecule has 5 rings (SSSR count). The van der Waals surface area contributed by atoms with Crippen LogP contribution in [0.3, 0.4) is 0 Å². The zero-order valence-electron chi connectivity index (χ0n) is 14.9. The van der Waals surface area contributed by atoms with Gasteiger partial charge in [-0.05, 0) is 23.6 Å². The van der Waals surface area contributed by atoms with Crippen LogP contribution in [0.5, 0.6) is 0 Å². The van der Waals surface area contributed by atoms with E-state index in [0.29, 0.717) is 16.9 Å². The van der Waals surface area contributed by atoms with Gasteiger partial charge in [0.1, 0.15) is 29.5 Å². The number of anilines is 1. The van der Waals surface area contributed by atoms with Crippen LogP contribution in [0.4, 0.5) is 5.95 Å². The quantitative estimate of drug-likeness (QED) is 0.381. The number of thiophene rings is 2. The largest absolute Gasteiger partial charge is 0.394 e. The van der Waals surface area contributed by atoms with Crippen LogP contribution < -0.4 is 5.73 Å². The first-order valence-electron chi connectivity index (χ1n) is 8.83. The van der Waals surface area contributed by atoms with Gasteiger partial charge in [0.15, 0.2) is 11.9 Å². The normalized spacial score (nSPS) is 24.5. The Balaban J connectivity index is 1.59. The van der Waals surface area contributed by atoms with E-state index in [2.05, 4.69) is 21.0 Å². The predicted molar refractivity (Wildman–Crippen MR) is 109 cm³/mol. The molecular weight excluding hydrogens is 414 g/mol. The Kier molecular flexibility index (Phi) is 4.57. The van der Waals surface area contributed by atoms with Crippen LogP contribution in [0.15, 0.2) is 36.0 Å². The summed E-state index contributed by atoms with van der Waals surface area (Å²) in [5.74, 6) is 0.0621. The second kappa shape index (κ2) is 7.13. The number of aliphatic hydroxyl groups excluding tert-OH is 3. The summed E-state index contributed by atoms with van der Waals surface area (Å²) in [7, 11) is 0. The van der Waals surface area contributed by atoms with Crippen molar-refractivity contribution in [2.75, 3.05) is 12.3 Å². The van der Waals surface area contributed by atoms with E-state index in [0.717, 1.165) is 14.6 Å². The molecule has 4 aromatic rings. The molecule has 4 atom stereocenters. The van der Waals surface area contributed by atoms with Gasteiger partial charge in [-0.2, -0.15) is 4.98 Å². The molecule has 1 fully saturated rings. The van der Waals surface area contributed by atoms with Crippen molar-refractivity contribution >= 4 is 39.8 Å². The molecule has 0 saturated carbocycles. The monoisotopic (exact) mass is 431 g/mol. The van der Waals surface area contributed by atoms with Crippen molar-refractivity contribution in [3.63, 3.8) is 0 Å². The highest BCUT2D eigenvalue weighted by molar-refractivity contribution is 7.23. The second-order valence-electron chi connectivity index (χ2n) is 6.62. The van der Waals surface area contributed by atoms with Crippen molar-refractivity contribution < 1.29 is 20.1 Å². The van der Waals surface area contributed by atoms with Gasteiger partial charge in [-0.25, -0.2) is 9.97 Å². The smallest absolute Gasteiger partial charge is 0.222 e. The molecule has 0 amide bonds. The lowest BCUT2D eigenvalue weighted by atomic mass is 10.1. The van der Waals surface area contributed by atoms with Crippen LogP contribution in [-0.2, 0) is 4.74 Å². The van der Waals surface area contributed by atoms with Crippen molar-refractivity contribution in [1.29, 1.82) is 0 Å². The lowest BCUT2D eigenvalue weighted by Crippen LogP contribution is -2.33. The van der Waals surface area contributed by atoms with E-state index >= 15 is 0 Å². The average molecular weight is 431 g/mol. The molecule has 0 radical (unpaired) electrons. The van der Waals surface area contributed by atoms with Gasteiger partial charge in [0.05, 0.1) is 17.8 Å². The van der Waals surface area contributed by atoms with Crippen molar-refractivity contribution in [2.45, 2.75) is 24.5 Å². The van der Waals surface area contributed by atoms with E-state index in [1.165, 1.54) is 10.9 Å². The van der Waals surface area contributed by atoms with Gasteiger partial charge in [-0.3, -0.25) is 4.57 Å². The van der Waals surface area contributed by atoms with Crippen molar-refractivity contribution in [3.05, 3.63) is 36.0 Å². The highest BCUT2D eigenvalue weighted by Crippen LogP contribution is 2.39. The molecule has 0 bridgehead atoms. The third kappa shape index (κ3) is 3.03. The fraction of sp³-hybridized carbons (Fsp3) is 0.278. The summed E-state index contributed by atoms with van der Waals surface area (Å²) in [5.41, 5.74) is 7.44. The molecule has 0 aliphatic carbocycles. The van der Waals surface area contributed by atoms with Gasteiger partial charge < -0.3 is 25.8 Å². The number of aliphatic hydroxyl groups is 3. The molecular formula is C18H17N5O4S2. The number of fused-ring (bicyclic) bond motifs is 1. The molecule has 5 N–H and O–H groups in total. The fourth-order valence-corrected chi connectivity index (χ4v) is 5.25. The zero-order chi connectivity index (χ0) is 20.1. The van der Waals surface area contributed by atoms with Crippen LogP contribution in [0.1, 0.15) is 6.23 Å². The summed E-state index contributed by atoms with van der Waals surface area (Å²) >= 11 is 3.24. The maximum Gasteiger partial charge on any atom is 0.222 e. The lowest BCUT2D eigenvalue weighted by Gasteiger charge is -2.16. The molecule has 0 spiro atoms. The topological polar surface area (TPSA) is 140 Å². The number of aromatic nitrogens is 4. The van der Waals surface area contributed by atoms with E-state index in [1.807, 2.05) is 23.6 Å². The molecule has 5 heterocycles. The first-order chi connectivity index (χ1) is 14.1. The summed E-state index contributed by atoms with van der Waals surface area (Å²) in [6.45, 7) is -0.412. The number of nitrogens with zero attached hydrogens (tertiary/aromatic N) is 4. The maximum atomic E-state index is 10.3. The minimum atomic E-state index is -1.24. The molecule has 1 aliphatic rings. The summed E-state index contributed by atoms with van der Waals surface area (Å²) in [5, 5.41) is 31.8. The number of rotatable bonds is 4. The number of nitrogens with two attached hydrogens (primary N) is 1. The Hall–Kier alpha value is -2.41. The lowest BCUT2D eigenvalue weighted by molar-refractivity contribution is -0.0511. The van der Waals surface area contributed by atoms with Gasteiger partial charge >= 0.3 is 0 Å². The molecule has 1 saturated heterocycles. The van der Waals surface area contributed by atoms with Gasteiger partial charge in [0.25, 0.3) is 0 Å². The van der Waals surface area contributed by atoms with Crippen LogP contribution in [0, 0.1) is 0 Å². The summed E-state index contributed by atoms with van der Waals surface area (Å²) in [6.07, 6.45) is -2.82. The van der Waals surface area contributed by atoms with E-state index in [-0.39, 0.29) is 5.95 Å². The molecule has 9 nitrogen and oxygen atoms in total. The van der Waals surface area contributed by atoms with Gasteiger partial charge in [-0.15, -0.1) is 22.7 Å². The third-order valence-electron chi connectivity index (χ3n) is 4.83. The Morgan fingerprint density at radius 3 is 2.66 bits per heavy atom. The first kappa shape index (κ1) is 18.6. The second-order valence-corrected chi connectivity index (χ2v) is 8.66. The van der Waals surface area contributed by atoms with Gasteiger partial charge in [0, 0.05) is 9.75 Å². The van der Waals surface area contributed by atoms with Gasteiger partial charge in [-0.1, -0.05) is 6.07 Å². The van der Waals surface area contributed by atoms with Crippen LogP contribution in [0.25, 0.3) is 31.5 Å². The third-order valence-corrected chi connectivity index (χ3v) is 6.99. The predicted octanol–water partition coefficient (Wildman–Crippen LogP) is 1.48. The molecule has 11 heteroatoms. The minimum Gasteiger partial charge on any atom is -0.394 e. The van der Waals surface area contributed by atoms with Crippen LogP contribution in [-0.4, -0.2) is 59.8 Å². The van der Waals surface area contributed by atoms with Gasteiger partial charge in [0.2, 0.25) is 5.95 Å². The minimum absolute atomic E-state index is 0.0621. The highest BCUT2D eigenvalue weighted by Gasteiger charge is 2.44. The van der Waals surface area contributed by atoms with Crippen molar-refractivity contribution in [1.82, 2.24) is 19.5 Å². The Bertz CT molecular complexity index is 1160. The fourth-order valence-electron chi connectivity index (χ4n) is 3.42. The van der Waals surface area contributed by atoms with E-state index in [9.17, 15) is 15.3 Å². The molecule has 29 heavy (non-hydrogen) atoms. The molecule has 3 unspecified atom stereocenters.